The van der Waals surface area contributed by atoms with Gasteiger partial charge in [-0.1, -0.05) is 13.3 Å². The Morgan fingerprint density at radius 2 is 2.20 bits per heavy atom. The number of hydrogen-bond donors (Lipinski definition) is 2. The van der Waals surface area contributed by atoms with E-state index in [1.807, 2.05) is 20.8 Å². The van der Waals surface area contributed by atoms with Crippen molar-refractivity contribution in [3.8, 4) is 6.07 Å². The minimum atomic E-state index is -0.813. The Bertz CT molecular complexity index is 243. The topological polar surface area (TPSA) is 73.1 Å². The first-order valence-corrected chi connectivity index (χ1v) is 5.30. The summed E-state index contributed by atoms with van der Waals surface area (Å²) in [6.45, 7) is 6.23. The van der Waals surface area contributed by atoms with Gasteiger partial charge in [-0.2, -0.15) is 5.26 Å². The molecule has 0 radical (unpaired) electrons. The van der Waals surface area contributed by atoms with Gasteiger partial charge in [-0.05, 0) is 33.2 Å². The highest BCUT2D eigenvalue weighted by molar-refractivity contribution is 5.73. The summed E-state index contributed by atoms with van der Waals surface area (Å²) in [6, 6.07) is 1.71. The summed E-state index contributed by atoms with van der Waals surface area (Å²) in [5.41, 5.74) is -0.387. The molecule has 0 rings (SSSR count). The first kappa shape index (κ1) is 13.9. The number of hydrogen-bond acceptors (Lipinski definition) is 3. The van der Waals surface area contributed by atoms with E-state index in [0.29, 0.717) is 19.4 Å². The summed E-state index contributed by atoms with van der Waals surface area (Å²) in [4.78, 5) is 10.8. The molecule has 4 heteroatoms. The van der Waals surface area contributed by atoms with Crippen molar-refractivity contribution in [1.29, 1.82) is 5.26 Å². The number of carboxylic acids is 1. The Balaban J connectivity index is 3.92. The van der Waals surface area contributed by atoms with Crippen LogP contribution in [0.5, 0.6) is 0 Å². The van der Waals surface area contributed by atoms with E-state index in [1.54, 1.807) is 0 Å². The second kappa shape index (κ2) is 6.41. The molecule has 0 fully saturated rings. The molecule has 1 atom stereocenters. The van der Waals surface area contributed by atoms with Crippen LogP contribution in [-0.4, -0.2) is 23.7 Å². The van der Waals surface area contributed by atoms with Crippen molar-refractivity contribution in [2.45, 2.75) is 46.1 Å². The molecule has 0 saturated heterocycles. The number of carboxylic acid groups (broad SMARTS) is 1. The summed E-state index contributed by atoms with van der Waals surface area (Å²) in [7, 11) is 0. The van der Waals surface area contributed by atoms with E-state index < -0.39 is 12.0 Å². The van der Waals surface area contributed by atoms with E-state index >= 15 is 0 Å². The lowest BCUT2D eigenvalue weighted by Crippen LogP contribution is -2.38. The number of nitrogens with zero attached hydrogens (tertiary/aromatic N) is 1. The van der Waals surface area contributed by atoms with E-state index in [9.17, 15) is 4.79 Å². The lowest BCUT2D eigenvalue weighted by atomic mass is 9.91. The molecular weight excluding hydrogens is 192 g/mol. The van der Waals surface area contributed by atoms with Gasteiger partial charge < -0.3 is 10.4 Å². The largest absolute Gasteiger partial charge is 0.480 e. The van der Waals surface area contributed by atoms with Gasteiger partial charge >= 0.3 is 5.97 Å². The van der Waals surface area contributed by atoms with Gasteiger partial charge in [0.25, 0.3) is 0 Å². The van der Waals surface area contributed by atoms with Crippen molar-refractivity contribution in [1.82, 2.24) is 5.32 Å². The molecule has 86 valence electrons. The fraction of sp³-hybridized carbons (Fsp3) is 0.818. The molecular formula is C11H20N2O2. The van der Waals surface area contributed by atoms with Gasteiger partial charge in [0.2, 0.25) is 0 Å². The third-order valence-corrected chi connectivity index (χ3v) is 2.32. The Morgan fingerprint density at radius 3 is 2.60 bits per heavy atom. The molecule has 2 N–H and O–H groups in total. The van der Waals surface area contributed by atoms with Crippen LogP contribution >= 0.6 is 0 Å². The maximum absolute atomic E-state index is 10.8. The van der Waals surface area contributed by atoms with Crippen molar-refractivity contribution >= 4 is 5.97 Å². The maximum atomic E-state index is 10.8. The van der Waals surface area contributed by atoms with Crippen LogP contribution in [0.4, 0.5) is 0 Å². The van der Waals surface area contributed by atoms with Gasteiger partial charge in [0.15, 0.2) is 0 Å². The van der Waals surface area contributed by atoms with Gasteiger partial charge in [-0.15, -0.1) is 0 Å². The lowest BCUT2D eigenvalue weighted by Gasteiger charge is -2.18. The molecule has 0 bridgehead atoms. The monoisotopic (exact) mass is 212 g/mol. The molecule has 0 aliphatic heterocycles. The zero-order valence-corrected chi connectivity index (χ0v) is 9.71. The standard InChI is InChI=1S/C11H20N2O2/c1-4-5-9(10(14)15)13-7-6-11(2,3)8-12/h9,13H,4-7H2,1-3H3,(H,14,15). The van der Waals surface area contributed by atoms with Crippen molar-refractivity contribution in [3.05, 3.63) is 0 Å². The van der Waals surface area contributed by atoms with Crippen LogP contribution in [0, 0.1) is 16.7 Å². The maximum Gasteiger partial charge on any atom is 0.320 e. The molecule has 15 heavy (non-hydrogen) atoms. The van der Waals surface area contributed by atoms with Crippen molar-refractivity contribution in [2.75, 3.05) is 6.54 Å². The number of carbonyl (C=O) groups is 1. The predicted molar refractivity (Wildman–Crippen MR) is 58.3 cm³/mol. The summed E-state index contributed by atoms with van der Waals surface area (Å²) in [6.07, 6.45) is 2.13. The first-order chi connectivity index (χ1) is 6.93. The second-order valence-electron chi connectivity index (χ2n) is 4.38. The van der Waals surface area contributed by atoms with Crippen LogP contribution in [0.3, 0.4) is 0 Å². The normalized spacial score (nSPS) is 13.2. The van der Waals surface area contributed by atoms with Crippen molar-refractivity contribution in [3.63, 3.8) is 0 Å². The summed E-state index contributed by atoms with van der Waals surface area (Å²) in [5, 5.41) is 20.6. The third kappa shape index (κ3) is 6.08. The van der Waals surface area contributed by atoms with E-state index in [2.05, 4.69) is 11.4 Å². The minimum absolute atomic E-state index is 0.387. The van der Waals surface area contributed by atoms with E-state index in [-0.39, 0.29) is 5.41 Å². The van der Waals surface area contributed by atoms with Gasteiger partial charge in [0, 0.05) is 0 Å². The van der Waals surface area contributed by atoms with E-state index in [0.717, 1.165) is 6.42 Å². The van der Waals surface area contributed by atoms with Crippen LogP contribution in [-0.2, 0) is 4.79 Å². The highest BCUT2D eigenvalue weighted by Crippen LogP contribution is 2.17. The molecule has 0 heterocycles. The molecule has 0 aromatic heterocycles. The van der Waals surface area contributed by atoms with Crippen LogP contribution in [0.25, 0.3) is 0 Å². The van der Waals surface area contributed by atoms with Crippen LogP contribution in [0.15, 0.2) is 0 Å². The first-order valence-electron chi connectivity index (χ1n) is 5.30. The van der Waals surface area contributed by atoms with Crippen LogP contribution < -0.4 is 5.32 Å². The smallest absolute Gasteiger partial charge is 0.320 e. The number of aliphatic carboxylic acids is 1. The third-order valence-electron chi connectivity index (χ3n) is 2.32. The van der Waals surface area contributed by atoms with E-state index in [4.69, 9.17) is 10.4 Å². The summed E-state index contributed by atoms with van der Waals surface area (Å²) < 4.78 is 0. The molecule has 0 spiro atoms. The van der Waals surface area contributed by atoms with E-state index in [1.165, 1.54) is 0 Å². The zero-order valence-electron chi connectivity index (χ0n) is 9.71. The van der Waals surface area contributed by atoms with Gasteiger partial charge in [-0.3, -0.25) is 4.79 Å². The Hall–Kier alpha value is -1.08. The average molecular weight is 212 g/mol. The van der Waals surface area contributed by atoms with Gasteiger partial charge in [0.1, 0.15) is 6.04 Å². The highest BCUT2D eigenvalue weighted by Gasteiger charge is 2.19. The Labute approximate surface area is 91.3 Å². The minimum Gasteiger partial charge on any atom is -0.480 e. The molecule has 0 saturated carbocycles. The Kier molecular flexibility index (Phi) is 5.95. The zero-order chi connectivity index (χ0) is 11.9. The predicted octanol–water partition coefficient (Wildman–Crippen LogP) is 1.77. The molecule has 0 amide bonds. The lowest BCUT2D eigenvalue weighted by molar-refractivity contribution is -0.139. The fourth-order valence-electron chi connectivity index (χ4n) is 1.22. The molecule has 1 unspecified atom stereocenters. The summed E-state index contributed by atoms with van der Waals surface area (Å²) >= 11 is 0. The summed E-state index contributed by atoms with van der Waals surface area (Å²) in [5.74, 6) is -0.813. The quantitative estimate of drug-likeness (QED) is 0.674. The molecule has 4 nitrogen and oxygen atoms in total. The molecule has 0 aromatic rings. The number of nitriles is 1. The van der Waals surface area contributed by atoms with Gasteiger partial charge in [-0.25, -0.2) is 0 Å². The number of nitrogens with one attached hydrogen (secondary N) is 1. The van der Waals surface area contributed by atoms with Crippen molar-refractivity contribution < 1.29 is 9.90 Å². The Morgan fingerprint density at radius 1 is 1.60 bits per heavy atom. The van der Waals surface area contributed by atoms with Gasteiger partial charge in [0.05, 0.1) is 11.5 Å². The SMILES string of the molecule is CCCC(NCCC(C)(C)C#N)C(=O)O. The fourth-order valence-corrected chi connectivity index (χ4v) is 1.22. The molecule has 0 aliphatic carbocycles. The highest BCUT2D eigenvalue weighted by atomic mass is 16.4. The van der Waals surface area contributed by atoms with Crippen molar-refractivity contribution in [2.24, 2.45) is 5.41 Å². The van der Waals surface area contributed by atoms with Crippen LogP contribution in [0.1, 0.15) is 40.0 Å². The molecule has 0 aliphatic rings. The van der Waals surface area contributed by atoms with Crippen LogP contribution in [0.2, 0.25) is 0 Å². The average Bonchev–Trinajstić information content (AvgIpc) is 2.16. The molecule has 0 aromatic carbocycles. The second-order valence-corrected chi connectivity index (χ2v) is 4.38. The number of rotatable bonds is 7.